The molecule has 0 aromatic rings. The molecular formula is C31H59N5O5. The molecule has 1 aliphatic heterocycles. The fourth-order valence-corrected chi connectivity index (χ4v) is 4.80. The molecule has 0 radical (unpaired) electrons. The van der Waals surface area contributed by atoms with Crippen LogP contribution in [0.2, 0.25) is 0 Å². The van der Waals surface area contributed by atoms with Crippen LogP contribution in [0.15, 0.2) is 0 Å². The number of carbonyl (C=O) groups is 4. The lowest BCUT2D eigenvalue weighted by atomic mass is 10.1. The molecule has 0 spiro atoms. The molecule has 10 nitrogen and oxygen atoms in total. The Kier molecular flexibility index (Phi) is 17.6. The molecule has 4 amide bonds. The maximum Gasteiger partial charge on any atom is 0.410 e. The number of piperazine rings is 1. The number of likely N-dealkylation sites (N-methyl/N-ethyl adjacent to an activating group) is 1. The topological polar surface area (TPSA) is 93.7 Å². The maximum atomic E-state index is 13.1. The van der Waals surface area contributed by atoms with Gasteiger partial charge in [0.25, 0.3) is 0 Å². The molecule has 1 heterocycles. The van der Waals surface area contributed by atoms with Gasteiger partial charge in [-0.05, 0) is 33.6 Å². The van der Waals surface area contributed by atoms with Crippen molar-refractivity contribution in [3.8, 4) is 0 Å². The summed E-state index contributed by atoms with van der Waals surface area (Å²) >= 11 is 0. The van der Waals surface area contributed by atoms with Crippen molar-refractivity contribution < 1.29 is 23.9 Å². The molecule has 0 bridgehead atoms. The number of rotatable bonds is 18. The molecule has 0 aliphatic carbocycles. The van der Waals surface area contributed by atoms with Crippen molar-refractivity contribution in [1.29, 1.82) is 0 Å². The van der Waals surface area contributed by atoms with Gasteiger partial charge in [-0.1, -0.05) is 45.4 Å². The van der Waals surface area contributed by atoms with Gasteiger partial charge in [0, 0.05) is 92.8 Å². The Morgan fingerprint density at radius 3 is 1.85 bits per heavy atom. The van der Waals surface area contributed by atoms with Crippen molar-refractivity contribution >= 4 is 23.8 Å². The summed E-state index contributed by atoms with van der Waals surface area (Å²) < 4.78 is 5.48. The van der Waals surface area contributed by atoms with Gasteiger partial charge in [0.05, 0.1) is 0 Å². The number of hydrogen-bond acceptors (Lipinski definition) is 6. The van der Waals surface area contributed by atoms with Crippen LogP contribution < -0.4 is 0 Å². The molecule has 0 atom stereocenters. The van der Waals surface area contributed by atoms with Gasteiger partial charge in [-0.15, -0.1) is 0 Å². The van der Waals surface area contributed by atoms with Crippen LogP contribution in [-0.4, -0.2) is 126 Å². The molecule has 0 aromatic carbocycles. The molecule has 1 rings (SSSR count). The zero-order chi connectivity index (χ0) is 30.8. The predicted octanol–water partition coefficient (Wildman–Crippen LogP) is 4.23. The van der Waals surface area contributed by atoms with Crippen molar-refractivity contribution in [1.82, 2.24) is 24.5 Å². The van der Waals surface area contributed by atoms with Crippen LogP contribution in [0.25, 0.3) is 0 Å². The van der Waals surface area contributed by atoms with Gasteiger partial charge in [0.1, 0.15) is 5.60 Å². The van der Waals surface area contributed by atoms with Gasteiger partial charge in [-0.25, -0.2) is 4.79 Å². The number of hydrogen-bond donors (Lipinski definition) is 0. The lowest BCUT2D eigenvalue weighted by Crippen LogP contribution is -2.51. The van der Waals surface area contributed by atoms with Crippen LogP contribution in [0.1, 0.15) is 99.3 Å². The molecule has 10 heteroatoms. The Hall–Kier alpha value is -2.36. The lowest BCUT2D eigenvalue weighted by molar-refractivity contribution is -0.134. The first kappa shape index (κ1) is 36.7. The molecule has 1 aliphatic rings. The van der Waals surface area contributed by atoms with Gasteiger partial charge < -0.3 is 24.3 Å². The highest BCUT2D eigenvalue weighted by Crippen LogP contribution is 2.13. The first-order chi connectivity index (χ1) is 19.3. The quantitative estimate of drug-likeness (QED) is 0.225. The van der Waals surface area contributed by atoms with Gasteiger partial charge >= 0.3 is 6.09 Å². The highest BCUT2D eigenvalue weighted by Gasteiger charge is 2.26. The fourth-order valence-electron chi connectivity index (χ4n) is 4.80. The number of ether oxygens (including phenoxy) is 1. The molecule has 238 valence electrons. The number of carbonyl (C=O) groups excluding carboxylic acids is 4. The average Bonchev–Trinajstić information content (AvgIpc) is 2.90. The minimum absolute atomic E-state index is 0.0147. The summed E-state index contributed by atoms with van der Waals surface area (Å²) in [5.74, 6) is 0.140. The van der Waals surface area contributed by atoms with Gasteiger partial charge in [0.2, 0.25) is 17.7 Å². The standard InChI is InChI=1S/C31H59N5O5/c1-8-9-10-11-12-13-14-16-29(39)35(23-19-32(7)27(2)37)18-15-17-34(28(3)38)24-20-33-21-25-36(26-22-33)30(40)41-31(4,5)6/h8-26H2,1-7H3. The van der Waals surface area contributed by atoms with E-state index in [0.717, 1.165) is 32.5 Å². The molecule has 1 fully saturated rings. The van der Waals surface area contributed by atoms with Crippen molar-refractivity contribution in [2.75, 3.05) is 72.5 Å². The second kappa shape index (κ2) is 19.7. The molecule has 0 unspecified atom stereocenters. The SMILES string of the molecule is CCCCCCCCCC(=O)N(CCCN(CCN1CCN(C(=O)OC(C)(C)C)CC1)C(C)=O)CCN(C)C(C)=O. The van der Waals surface area contributed by atoms with E-state index in [1.54, 1.807) is 23.8 Å². The van der Waals surface area contributed by atoms with Crippen LogP contribution in [-0.2, 0) is 19.1 Å². The Labute approximate surface area is 249 Å². The van der Waals surface area contributed by atoms with Crippen molar-refractivity contribution in [3.63, 3.8) is 0 Å². The van der Waals surface area contributed by atoms with Crippen LogP contribution in [0.5, 0.6) is 0 Å². The normalized spacial score (nSPS) is 14.1. The third-order valence-electron chi connectivity index (χ3n) is 7.60. The Morgan fingerprint density at radius 2 is 1.29 bits per heavy atom. The third kappa shape index (κ3) is 16.6. The monoisotopic (exact) mass is 581 g/mol. The Balaban J connectivity index is 2.51. The minimum Gasteiger partial charge on any atom is -0.444 e. The van der Waals surface area contributed by atoms with E-state index in [0.29, 0.717) is 58.7 Å². The van der Waals surface area contributed by atoms with Crippen molar-refractivity contribution in [2.24, 2.45) is 0 Å². The molecule has 0 saturated carbocycles. The number of unbranched alkanes of at least 4 members (excludes halogenated alkanes) is 6. The largest absolute Gasteiger partial charge is 0.444 e. The van der Waals surface area contributed by atoms with E-state index in [9.17, 15) is 19.2 Å². The van der Waals surface area contributed by atoms with Crippen molar-refractivity contribution in [2.45, 2.75) is 105 Å². The Bertz CT molecular complexity index is 792. The van der Waals surface area contributed by atoms with Crippen LogP contribution in [0, 0.1) is 0 Å². The predicted molar refractivity (Wildman–Crippen MR) is 164 cm³/mol. The van der Waals surface area contributed by atoms with E-state index < -0.39 is 5.60 Å². The zero-order valence-corrected chi connectivity index (χ0v) is 27.2. The lowest BCUT2D eigenvalue weighted by Gasteiger charge is -2.36. The fraction of sp³-hybridized carbons (Fsp3) is 0.871. The number of amides is 4. The van der Waals surface area contributed by atoms with E-state index in [-0.39, 0.29) is 23.8 Å². The van der Waals surface area contributed by atoms with E-state index in [2.05, 4.69) is 11.8 Å². The maximum absolute atomic E-state index is 13.1. The molecular weight excluding hydrogens is 522 g/mol. The second-order valence-corrected chi connectivity index (χ2v) is 12.4. The van der Waals surface area contributed by atoms with E-state index >= 15 is 0 Å². The smallest absolute Gasteiger partial charge is 0.410 e. The van der Waals surface area contributed by atoms with Gasteiger partial charge in [-0.3, -0.25) is 19.3 Å². The first-order valence-corrected chi connectivity index (χ1v) is 15.8. The average molecular weight is 582 g/mol. The summed E-state index contributed by atoms with van der Waals surface area (Å²) in [5.41, 5.74) is -0.506. The summed E-state index contributed by atoms with van der Waals surface area (Å²) in [4.78, 5) is 58.8. The van der Waals surface area contributed by atoms with Crippen molar-refractivity contribution in [3.05, 3.63) is 0 Å². The Morgan fingerprint density at radius 1 is 0.707 bits per heavy atom. The minimum atomic E-state index is -0.506. The van der Waals surface area contributed by atoms with E-state index in [1.165, 1.54) is 39.0 Å². The molecule has 1 saturated heterocycles. The van der Waals surface area contributed by atoms with Crippen LogP contribution in [0.4, 0.5) is 4.79 Å². The van der Waals surface area contributed by atoms with Crippen LogP contribution in [0.3, 0.4) is 0 Å². The summed E-state index contributed by atoms with van der Waals surface area (Å²) in [6, 6.07) is 0. The van der Waals surface area contributed by atoms with Crippen LogP contribution >= 0.6 is 0 Å². The highest BCUT2D eigenvalue weighted by molar-refractivity contribution is 5.76. The second-order valence-electron chi connectivity index (χ2n) is 12.4. The summed E-state index contributed by atoms with van der Waals surface area (Å²) in [6.45, 7) is 17.2. The molecule has 0 N–H and O–H groups in total. The first-order valence-electron chi connectivity index (χ1n) is 15.8. The molecule has 0 aromatic heterocycles. The highest BCUT2D eigenvalue weighted by atomic mass is 16.6. The molecule has 41 heavy (non-hydrogen) atoms. The van der Waals surface area contributed by atoms with Gasteiger partial charge in [0.15, 0.2) is 0 Å². The van der Waals surface area contributed by atoms with Gasteiger partial charge in [-0.2, -0.15) is 0 Å². The summed E-state index contributed by atoms with van der Waals surface area (Å²) in [7, 11) is 1.76. The third-order valence-corrected chi connectivity index (χ3v) is 7.60. The van der Waals surface area contributed by atoms with E-state index in [4.69, 9.17) is 4.74 Å². The zero-order valence-electron chi connectivity index (χ0n) is 27.2. The summed E-state index contributed by atoms with van der Waals surface area (Å²) in [6.07, 6.45) is 9.09. The number of nitrogens with zero attached hydrogens (tertiary/aromatic N) is 5. The summed E-state index contributed by atoms with van der Waals surface area (Å²) in [5, 5.41) is 0. The van der Waals surface area contributed by atoms with E-state index in [1.807, 2.05) is 30.6 Å².